The lowest BCUT2D eigenvalue weighted by Gasteiger charge is -2.28. The van der Waals surface area contributed by atoms with E-state index in [1.807, 2.05) is 20.8 Å². The van der Waals surface area contributed by atoms with E-state index in [4.69, 9.17) is 9.47 Å². The summed E-state index contributed by atoms with van der Waals surface area (Å²) in [7, 11) is 1.65. The van der Waals surface area contributed by atoms with Crippen molar-refractivity contribution in [3.05, 3.63) is 0 Å². The maximum absolute atomic E-state index is 10.8. The standard InChI is InChI=1S/C10H20O3/c1-5-13-9(6-7-12-4)10(2,3)8-11/h8-9H,5-7H2,1-4H3/t9-/m1/s1. The fraction of sp³-hybridized carbons (Fsp3) is 0.900. The number of ether oxygens (including phenoxy) is 2. The second-order valence-electron chi connectivity index (χ2n) is 3.66. The monoisotopic (exact) mass is 188 g/mol. The molecule has 0 N–H and O–H groups in total. The molecule has 0 radical (unpaired) electrons. The first kappa shape index (κ1) is 12.6. The van der Waals surface area contributed by atoms with E-state index in [1.165, 1.54) is 0 Å². The molecule has 0 aliphatic carbocycles. The van der Waals surface area contributed by atoms with Crippen LogP contribution >= 0.6 is 0 Å². The summed E-state index contributed by atoms with van der Waals surface area (Å²) in [6.07, 6.45) is 1.66. The molecule has 0 heterocycles. The average molecular weight is 188 g/mol. The van der Waals surface area contributed by atoms with Gasteiger partial charge in [0.2, 0.25) is 0 Å². The number of hydrogen-bond donors (Lipinski definition) is 0. The van der Waals surface area contributed by atoms with Gasteiger partial charge in [0.1, 0.15) is 6.29 Å². The summed E-state index contributed by atoms with van der Waals surface area (Å²) >= 11 is 0. The Labute approximate surface area is 80.4 Å². The Morgan fingerprint density at radius 3 is 2.46 bits per heavy atom. The molecule has 0 aliphatic heterocycles. The highest BCUT2D eigenvalue weighted by Gasteiger charge is 2.29. The summed E-state index contributed by atoms with van der Waals surface area (Å²) in [5, 5.41) is 0. The lowest BCUT2D eigenvalue weighted by Crippen LogP contribution is -2.34. The predicted molar refractivity (Wildman–Crippen MR) is 51.8 cm³/mol. The topological polar surface area (TPSA) is 35.5 Å². The van der Waals surface area contributed by atoms with Gasteiger partial charge >= 0.3 is 0 Å². The summed E-state index contributed by atoms with van der Waals surface area (Å²) in [4.78, 5) is 10.8. The predicted octanol–water partition coefficient (Wildman–Crippen LogP) is 1.65. The van der Waals surface area contributed by atoms with Crippen LogP contribution in [0.4, 0.5) is 0 Å². The third-order valence-electron chi connectivity index (χ3n) is 2.09. The van der Waals surface area contributed by atoms with Crippen LogP contribution < -0.4 is 0 Å². The van der Waals surface area contributed by atoms with E-state index in [1.54, 1.807) is 7.11 Å². The first-order chi connectivity index (χ1) is 6.08. The highest BCUT2D eigenvalue weighted by Crippen LogP contribution is 2.23. The van der Waals surface area contributed by atoms with Gasteiger partial charge in [-0.25, -0.2) is 0 Å². The smallest absolute Gasteiger partial charge is 0.128 e. The van der Waals surface area contributed by atoms with Gasteiger partial charge in [0.05, 0.1) is 6.10 Å². The van der Waals surface area contributed by atoms with E-state index in [9.17, 15) is 4.79 Å². The number of rotatable bonds is 7. The van der Waals surface area contributed by atoms with Crippen LogP contribution in [0, 0.1) is 5.41 Å². The molecule has 0 aromatic carbocycles. The van der Waals surface area contributed by atoms with Gasteiger partial charge in [-0.05, 0) is 13.3 Å². The zero-order valence-corrected chi connectivity index (χ0v) is 9.00. The Hall–Kier alpha value is -0.410. The molecular weight excluding hydrogens is 168 g/mol. The lowest BCUT2D eigenvalue weighted by molar-refractivity contribution is -0.124. The van der Waals surface area contributed by atoms with Gasteiger partial charge in [-0.15, -0.1) is 0 Å². The van der Waals surface area contributed by atoms with Gasteiger partial charge in [0.25, 0.3) is 0 Å². The van der Waals surface area contributed by atoms with Crippen LogP contribution in [0.1, 0.15) is 27.2 Å². The maximum Gasteiger partial charge on any atom is 0.128 e. The molecule has 0 aromatic heterocycles. The first-order valence-electron chi connectivity index (χ1n) is 4.65. The van der Waals surface area contributed by atoms with Crippen molar-refractivity contribution < 1.29 is 14.3 Å². The molecule has 0 aromatic rings. The summed E-state index contributed by atoms with van der Waals surface area (Å²) in [5.74, 6) is 0. The Balaban J connectivity index is 4.13. The van der Waals surface area contributed by atoms with E-state index in [-0.39, 0.29) is 6.10 Å². The highest BCUT2D eigenvalue weighted by atomic mass is 16.5. The van der Waals surface area contributed by atoms with Crippen LogP contribution in [0.25, 0.3) is 0 Å². The molecule has 0 saturated heterocycles. The van der Waals surface area contributed by atoms with Gasteiger partial charge in [-0.1, -0.05) is 13.8 Å². The lowest BCUT2D eigenvalue weighted by atomic mass is 9.86. The third-order valence-corrected chi connectivity index (χ3v) is 2.09. The molecule has 0 bridgehead atoms. The molecule has 13 heavy (non-hydrogen) atoms. The molecule has 0 unspecified atom stereocenters. The zero-order valence-electron chi connectivity index (χ0n) is 9.00. The SMILES string of the molecule is CCO[C@H](CCOC)C(C)(C)C=O. The van der Waals surface area contributed by atoms with Crippen LogP contribution in [0.15, 0.2) is 0 Å². The molecule has 0 saturated carbocycles. The number of hydrogen-bond acceptors (Lipinski definition) is 3. The maximum atomic E-state index is 10.8. The summed E-state index contributed by atoms with van der Waals surface area (Å²) in [6.45, 7) is 6.96. The molecule has 0 fully saturated rings. The summed E-state index contributed by atoms with van der Waals surface area (Å²) in [6, 6.07) is 0. The molecule has 3 heteroatoms. The van der Waals surface area contributed by atoms with Crippen molar-refractivity contribution in [1.82, 2.24) is 0 Å². The molecule has 0 rings (SSSR count). The van der Waals surface area contributed by atoms with E-state index >= 15 is 0 Å². The van der Waals surface area contributed by atoms with Crippen molar-refractivity contribution in [3.63, 3.8) is 0 Å². The minimum Gasteiger partial charge on any atom is -0.385 e. The molecule has 0 aliphatic rings. The van der Waals surface area contributed by atoms with Gasteiger partial charge in [0.15, 0.2) is 0 Å². The van der Waals surface area contributed by atoms with Crippen molar-refractivity contribution in [2.24, 2.45) is 5.41 Å². The van der Waals surface area contributed by atoms with Gasteiger partial charge < -0.3 is 14.3 Å². The van der Waals surface area contributed by atoms with E-state index in [0.29, 0.717) is 13.2 Å². The third kappa shape index (κ3) is 4.39. The van der Waals surface area contributed by atoms with Gasteiger partial charge in [-0.2, -0.15) is 0 Å². The van der Waals surface area contributed by atoms with Crippen molar-refractivity contribution >= 4 is 6.29 Å². The zero-order chi connectivity index (χ0) is 10.3. The molecule has 1 atom stereocenters. The van der Waals surface area contributed by atoms with E-state index in [2.05, 4.69) is 0 Å². The molecule has 3 nitrogen and oxygen atoms in total. The van der Waals surface area contributed by atoms with Crippen LogP contribution in [0.2, 0.25) is 0 Å². The Bertz CT molecular complexity index is 143. The minimum atomic E-state index is -0.422. The summed E-state index contributed by atoms with van der Waals surface area (Å²) in [5.41, 5.74) is -0.422. The van der Waals surface area contributed by atoms with Gasteiger partial charge in [0, 0.05) is 25.7 Å². The molecule has 0 spiro atoms. The number of carbonyl (C=O) groups is 1. The highest BCUT2D eigenvalue weighted by molar-refractivity contribution is 5.59. The molecule has 0 amide bonds. The molecule has 78 valence electrons. The quantitative estimate of drug-likeness (QED) is 0.570. The van der Waals surface area contributed by atoms with E-state index in [0.717, 1.165) is 12.7 Å². The first-order valence-corrected chi connectivity index (χ1v) is 4.65. The number of carbonyl (C=O) groups excluding carboxylic acids is 1. The van der Waals surface area contributed by atoms with Crippen molar-refractivity contribution in [2.75, 3.05) is 20.3 Å². The van der Waals surface area contributed by atoms with Crippen molar-refractivity contribution in [2.45, 2.75) is 33.3 Å². The van der Waals surface area contributed by atoms with E-state index < -0.39 is 5.41 Å². The molecular formula is C10H20O3. The summed E-state index contributed by atoms with van der Waals surface area (Å²) < 4.78 is 10.5. The average Bonchev–Trinajstić information content (AvgIpc) is 2.12. The largest absolute Gasteiger partial charge is 0.385 e. The van der Waals surface area contributed by atoms with Crippen molar-refractivity contribution in [1.29, 1.82) is 0 Å². The van der Waals surface area contributed by atoms with Crippen molar-refractivity contribution in [3.8, 4) is 0 Å². The van der Waals surface area contributed by atoms with Crippen LogP contribution in [-0.4, -0.2) is 32.7 Å². The minimum absolute atomic E-state index is 0.0463. The Kier molecular flexibility index (Phi) is 5.91. The fourth-order valence-electron chi connectivity index (χ4n) is 1.17. The number of methoxy groups -OCH3 is 1. The normalized spacial score (nSPS) is 14.2. The Morgan fingerprint density at radius 2 is 2.08 bits per heavy atom. The Morgan fingerprint density at radius 1 is 1.46 bits per heavy atom. The fourth-order valence-corrected chi connectivity index (χ4v) is 1.17. The number of aldehydes is 1. The second kappa shape index (κ2) is 6.11. The van der Waals surface area contributed by atoms with Crippen LogP contribution in [-0.2, 0) is 14.3 Å². The van der Waals surface area contributed by atoms with Gasteiger partial charge in [-0.3, -0.25) is 0 Å². The second-order valence-corrected chi connectivity index (χ2v) is 3.66. The van der Waals surface area contributed by atoms with Crippen LogP contribution in [0.3, 0.4) is 0 Å². The van der Waals surface area contributed by atoms with Crippen LogP contribution in [0.5, 0.6) is 0 Å².